The van der Waals surface area contributed by atoms with Crippen molar-refractivity contribution in [3.63, 3.8) is 0 Å². The van der Waals surface area contributed by atoms with Crippen LogP contribution in [0.2, 0.25) is 0 Å². The number of guanidine groups is 1. The van der Waals surface area contributed by atoms with Crippen molar-refractivity contribution >= 4 is 29.9 Å². The minimum absolute atomic E-state index is 0. The van der Waals surface area contributed by atoms with Gasteiger partial charge in [-0.05, 0) is 36.3 Å². The van der Waals surface area contributed by atoms with Crippen molar-refractivity contribution in [1.82, 2.24) is 15.5 Å². The molecule has 0 aromatic heterocycles. The molecule has 0 spiro atoms. The Bertz CT molecular complexity index is 811. The topological polar surface area (TPSA) is 58.1 Å². The molecule has 0 aliphatic carbocycles. The highest BCUT2D eigenvalue weighted by atomic mass is 127. The Labute approximate surface area is 197 Å². The van der Waals surface area contributed by atoms with E-state index < -0.39 is 0 Å². The van der Waals surface area contributed by atoms with Crippen LogP contribution in [-0.2, 0) is 13.1 Å². The monoisotopic (exact) mass is 524 g/mol. The summed E-state index contributed by atoms with van der Waals surface area (Å²) in [6.45, 7) is 9.36. The second-order valence-electron chi connectivity index (χ2n) is 7.09. The SMILES string of the molecule is CCN(CC)Cc1cccc(CNC(=NC)NCC2COc3ccccc3O2)c1.I. The van der Waals surface area contributed by atoms with Crippen LogP contribution in [0.5, 0.6) is 11.5 Å². The van der Waals surface area contributed by atoms with Crippen molar-refractivity contribution in [1.29, 1.82) is 0 Å². The summed E-state index contributed by atoms with van der Waals surface area (Å²) in [6.07, 6.45) is -0.0548. The number of hydrogen-bond donors (Lipinski definition) is 2. The first-order valence-electron chi connectivity index (χ1n) is 10.3. The summed E-state index contributed by atoms with van der Waals surface area (Å²) < 4.78 is 11.8. The van der Waals surface area contributed by atoms with Gasteiger partial charge in [-0.1, -0.05) is 50.2 Å². The van der Waals surface area contributed by atoms with Crippen LogP contribution in [0.25, 0.3) is 0 Å². The van der Waals surface area contributed by atoms with E-state index in [-0.39, 0.29) is 30.1 Å². The fourth-order valence-corrected chi connectivity index (χ4v) is 3.32. The molecule has 0 saturated heterocycles. The molecule has 2 N–H and O–H groups in total. The second-order valence-corrected chi connectivity index (χ2v) is 7.09. The molecule has 6 nitrogen and oxygen atoms in total. The van der Waals surface area contributed by atoms with E-state index in [1.165, 1.54) is 11.1 Å². The summed E-state index contributed by atoms with van der Waals surface area (Å²) in [5, 5.41) is 6.71. The molecule has 0 bridgehead atoms. The Hall–Kier alpha value is -2.00. The van der Waals surface area contributed by atoms with E-state index in [1.807, 2.05) is 24.3 Å². The third-order valence-electron chi connectivity index (χ3n) is 5.04. The lowest BCUT2D eigenvalue weighted by Gasteiger charge is -2.27. The zero-order chi connectivity index (χ0) is 20.5. The molecular formula is C23H33IN4O2. The van der Waals surface area contributed by atoms with E-state index >= 15 is 0 Å². The molecular weight excluding hydrogens is 491 g/mol. The Morgan fingerprint density at radius 2 is 1.77 bits per heavy atom. The van der Waals surface area contributed by atoms with Gasteiger partial charge in [0.15, 0.2) is 17.5 Å². The number of para-hydroxylation sites is 2. The van der Waals surface area contributed by atoms with Crippen molar-refractivity contribution in [2.24, 2.45) is 4.99 Å². The second kappa shape index (κ2) is 12.6. The molecule has 0 radical (unpaired) electrons. The van der Waals surface area contributed by atoms with Gasteiger partial charge in [-0.25, -0.2) is 0 Å². The highest BCUT2D eigenvalue weighted by Gasteiger charge is 2.20. The largest absolute Gasteiger partial charge is 0.486 e. The molecule has 30 heavy (non-hydrogen) atoms. The first-order valence-corrected chi connectivity index (χ1v) is 10.3. The van der Waals surface area contributed by atoms with E-state index in [0.29, 0.717) is 13.2 Å². The maximum atomic E-state index is 5.99. The molecule has 2 aromatic rings. The van der Waals surface area contributed by atoms with Gasteiger partial charge in [0.05, 0.1) is 6.54 Å². The van der Waals surface area contributed by atoms with Crippen LogP contribution >= 0.6 is 24.0 Å². The summed E-state index contributed by atoms with van der Waals surface area (Å²) in [5.74, 6) is 2.34. The lowest BCUT2D eigenvalue weighted by molar-refractivity contribution is 0.0936. The molecule has 1 aliphatic heterocycles. The molecule has 0 fully saturated rings. The molecule has 3 rings (SSSR count). The average molecular weight is 524 g/mol. The fraction of sp³-hybridized carbons (Fsp3) is 0.435. The molecule has 0 amide bonds. The van der Waals surface area contributed by atoms with Crippen LogP contribution < -0.4 is 20.1 Å². The number of halogens is 1. The predicted molar refractivity (Wildman–Crippen MR) is 133 cm³/mol. The van der Waals surface area contributed by atoms with Gasteiger partial charge in [0.1, 0.15) is 12.7 Å². The Balaban J connectivity index is 0.00000320. The summed E-state index contributed by atoms with van der Waals surface area (Å²) in [6, 6.07) is 16.5. The van der Waals surface area contributed by atoms with E-state index in [2.05, 4.69) is 58.6 Å². The number of aliphatic imine (C=N–C) groups is 1. The predicted octanol–water partition coefficient (Wildman–Crippen LogP) is 3.65. The van der Waals surface area contributed by atoms with E-state index in [0.717, 1.165) is 43.6 Å². The minimum Gasteiger partial charge on any atom is -0.486 e. The molecule has 7 heteroatoms. The number of hydrogen-bond acceptors (Lipinski definition) is 4. The van der Waals surface area contributed by atoms with Crippen LogP contribution in [0.4, 0.5) is 0 Å². The third-order valence-corrected chi connectivity index (χ3v) is 5.04. The number of nitrogens with one attached hydrogen (secondary N) is 2. The first-order chi connectivity index (χ1) is 14.2. The van der Waals surface area contributed by atoms with Crippen LogP contribution in [0.15, 0.2) is 53.5 Å². The zero-order valence-corrected chi connectivity index (χ0v) is 20.4. The number of ether oxygens (including phenoxy) is 2. The van der Waals surface area contributed by atoms with Crippen LogP contribution in [0.3, 0.4) is 0 Å². The normalized spacial score (nSPS) is 15.5. The molecule has 1 atom stereocenters. The van der Waals surface area contributed by atoms with Gasteiger partial charge in [-0.3, -0.25) is 9.89 Å². The smallest absolute Gasteiger partial charge is 0.191 e. The summed E-state index contributed by atoms with van der Waals surface area (Å²) in [5.41, 5.74) is 2.58. The van der Waals surface area contributed by atoms with Gasteiger partial charge in [0, 0.05) is 20.1 Å². The highest BCUT2D eigenvalue weighted by molar-refractivity contribution is 14.0. The van der Waals surface area contributed by atoms with Gasteiger partial charge in [0.25, 0.3) is 0 Å². The van der Waals surface area contributed by atoms with Crippen LogP contribution in [0.1, 0.15) is 25.0 Å². The molecule has 1 heterocycles. The van der Waals surface area contributed by atoms with E-state index in [1.54, 1.807) is 7.05 Å². The third kappa shape index (κ3) is 7.05. The fourth-order valence-electron chi connectivity index (χ4n) is 3.32. The molecule has 164 valence electrons. The van der Waals surface area contributed by atoms with Gasteiger partial charge >= 0.3 is 0 Å². The lowest BCUT2D eigenvalue weighted by atomic mass is 10.1. The summed E-state index contributed by atoms with van der Waals surface area (Å²) >= 11 is 0. The van der Waals surface area contributed by atoms with Crippen LogP contribution in [-0.4, -0.2) is 50.3 Å². The minimum atomic E-state index is -0.0548. The maximum Gasteiger partial charge on any atom is 0.191 e. The molecule has 1 aliphatic rings. The maximum absolute atomic E-state index is 5.99. The van der Waals surface area contributed by atoms with Gasteiger partial charge in [0.2, 0.25) is 0 Å². The van der Waals surface area contributed by atoms with E-state index in [4.69, 9.17) is 9.47 Å². The molecule has 0 saturated carbocycles. The highest BCUT2D eigenvalue weighted by Crippen LogP contribution is 2.30. The standard InChI is InChI=1S/C23H32N4O2.HI/c1-4-27(5-2)16-19-10-8-9-18(13-19)14-25-23(24-3)26-15-20-17-28-21-11-6-7-12-22(21)29-20;/h6-13,20H,4-5,14-17H2,1-3H3,(H2,24,25,26);1H. The van der Waals surface area contributed by atoms with E-state index in [9.17, 15) is 0 Å². The number of benzene rings is 2. The summed E-state index contributed by atoms with van der Waals surface area (Å²) in [4.78, 5) is 6.73. The van der Waals surface area contributed by atoms with Gasteiger partial charge in [-0.15, -0.1) is 24.0 Å². The molecule has 1 unspecified atom stereocenters. The molecule has 2 aromatic carbocycles. The Morgan fingerprint density at radius 3 is 2.50 bits per heavy atom. The zero-order valence-electron chi connectivity index (χ0n) is 18.1. The Kier molecular flexibility index (Phi) is 10.2. The van der Waals surface area contributed by atoms with Crippen molar-refractivity contribution in [2.45, 2.75) is 33.0 Å². The number of nitrogens with zero attached hydrogens (tertiary/aromatic N) is 2. The lowest BCUT2D eigenvalue weighted by Crippen LogP contribution is -2.45. The van der Waals surface area contributed by atoms with Crippen molar-refractivity contribution in [3.05, 3.63) is 59.7 Å². The van der Waals surface area contributed by atoms with Crippen molar-refractivity contribution in [2.75, 3.05) is 33.3 Å². The average Bonchev–Trinajstić information content (AvgIpc) is 2.77. The van der Waals surface area contributed by atoms with Crippen molar-refractivity contribution in [3.8, 4) is 11.5 Å². The van der Waals surface area contributed by atoms with Gasteiger partial charge < -0.3 is 20.1 Å². The first kappa shape index (κ1) is 24.3. The van der Waals surface area contributed by atoms with Crippen LogP contribution in [0, 0.1) is 0 Å². The number of fused-ring (bicyclic) bond motifs is 1. The van der Waals surface area contributed by atoms with Crippen molar-refractivity contribution < 1.29 is 9.47 Å². The Morgan fingerprint density at radius 1 is 1.03 bits per heavy atom. The quantitative estimate of drug-likeness (QED) is 0.314. The summed E-state index contributed by atoms with van der Waals surface area (Å²) in [7, 11) is 1.78. The van der Waals surface area contributed by atoms with Gasteiger partial charge in [-0.2, -0.15) is 0 Å². The number of rotatable bonds is 8.